The Morgan fingerprint density at radius 2 is 1.95 bits per heavy atom. The van der Waals surface area contributed by atoms with Crippen LogP contribution in [0.25, 0.3) is 0 Å². The van der Waals surface area contributed by atoms with Crippen LogP contribution in [-0.4, -0.2) is 49.1 Å². The molecule has 0 aliphatic carbocycles. The molecule has 0 aromatic heterocycles. The quantitative estimate of drug-likeness (QED) is 0.780. The highest BCUT2D eigenvalue weighted by atomic mass is 16.5. The molecule has 2 atom stereocenters. The molecule has 5 heteroatoms. The molecule has 1 rings (SSSR count). The van der Waals surface area contributed by atoms with Gasteiger partial charge in [-0.2, -0.15) is 0 Å². The van der Waals surface area contributed by atoms with Gasteiger partial charge in [0.05, 0.1) is 0 Å². The van der Waals surface area contributed by atoms with E-state index in [9.17, 15) is 9.59 Å². The van der Waals surface area contributed by atoms with Gasteiger partial charge in [0.2, 0.25) is 11.8 Å². The van der Waals surface area contributed by atoms with Gasteiger partial charge < -0.3 is 15.0 Å². The molecule has 1 N–H and O–H groups in total. The summed E-state index contributed by atoms with van der Waals surface area (Å²) >= 11 is 0. The number of nitrogens with one attached hydrogen (secondary N) is 1. The molecule has 0 saturated carbocycles. The summed E-state index contributed by atoms with van der Waals surface area (Å²) < 4.78 is 5.14. The van der Waals surface area contributed by atoms with Gasteiger partial charge in [0, 0.05) is 20.3 Å². The minimum Gasteiger partial charge on any atom is -0.385 e. The Hall–Kier alpha value is -1.10. The fourth-order valence-electron chi connectivity index (χ4n) is 2.75. The van der Waals surface area contributed by atoms with Crippen LogP contribution in [0.1, 0.15) is 47.5 Å². The molecule has 0 radical (unpaired) electrons. The SMILES string of the molecule is CCC1C(=O)NC(C(C)C)C(=O)N1CC(C)(C)CCOC. The number of hydrogen-bond donors (Lipinski definition) is 1. The Morgan fingerprint density at radius 1 is 1.33 bits per heavy atom. The highest BCUT2D eigenvalue weighted by molar-refractivity contribution is 5.97. The molecule has 1 heterocycles. The number of hydrogen-bond acceptors (Lipinski definition) is 3. The van der Waals surface area contributed by atoms with Crippen LogP contribution in [0.4, 0.5) is 0 Å². The first kappa shape index (κ1) is 18.0. The first-order chi connectivity index (χ1) is 9.73. The number of nitrogens with zero attached hydrogens (tertiary/aromatic N) is 1. The smallest absolute Gasteiger partial charge is 0.246 e. The van der Waals surface area contributed by atoms with Crippen LogP contribution < -0.4 is 5.32 Å². The molecule has 0 aromatic carbocycles. The van der Waals surface area contributed by atoms with Crippen molar-refractivity contribution in [2.45, 2.75) is 59.5 Å². The molecule has 0 bridgehead atoms. The lowest BCUT2D eigenvalue weighted by atomic mass is 9.86. The van der Waals surface area contributed by atoms with E-state index in [2.05, 4.69) is 19.2 Å². The van der Waals surface area contributed by atoms with Crippen LogP contribution in [0.15, 0.2) is 0 Å². The van der Waals surface area contributed by atoms with Crippen LogP contribution in [0, 0.1) is 11.3 Å². The maximum Gasteiger partial charge on any atom is 0.246 e. The minimum atomic E-state index is -0.404. The zero-order valence-corrected chi connectivity index (χ0v) is 14.2. The van der Waals surface area contributed by atoms with Gasteiger partial charge in [-0.3, -0.25) is 9.59 Å². The van der Waals surface area contributed by atoms with Gasteiger partial charge in [0.1, 0.15) is 12.1 Å². The zero-order valence-electron chi connectivity index (χ0n) is 14.2. The fraction of sp³-hybridized carbons (Fsp3) is 0.875. The molecular formula is C16H30N2O3. The molecule has 1 aliphatic heterocycles. The van der Waals surface area contributed by atoms with Crippen molar-refractivity contribution in [2.24, 2.45) is 11.3 Å². The number of methoxy groups -OCH3 is 1. The molecule has 122 valence electrons. The van der Waals surface area contributed by atoms with Gasteiger partial charge in [0.15, 0.2) is 0 Å². The van der Waals surface area contributed by atoms with Crippen molar-refractivity contribution in [3.05, 3.63) is 0 Å². The Morgan fingerprint density at radius 3 is 2.43 bits per heavy atom. The summed E-state index contributed by atoms with van der Waals surface area (Å²) in [6.07, 6.45) is 1.50. The van der Waals surface area contributed by atoms with Crippen molar-refractivity contribution in [2.75, 3.05) is 20.3 Å². The maximum atomic E-state index is 12.7. The summed E-state index contributed by atoms with van der Waals surface area (Å²) in [6.45, 7) is 11.3. The van der Waals surface area contributed by atoms with Crippen LogP contribution in [0.5, 0.6) is 0 Å². The van der Waals surface area contributed by atoms with E-state index in [1.165, 1.54) is 0 Å². The van der Waals surface area contributed by atoms with Gasteiger partial charge in [0.25, 0.3) is 0 Å². The van der Waals surface area contributed by atoms with Crippen LogP contribution >= 0.6 is 0 Å². The van der Waals surface area contributed by atoms with E-state index >= 15 is 0 Å². The second-order valence-corrected chi connectivity index (χ2v) is 7.03. The Labute approximate surface area is 128 Å². The summed E-state index contributed by atoms with van der Waals surface area (Å²) in [4.78, 5) is 26.8. The lowest BCUT2D eigenvalue weighted by Crippen LogP contribution is -2.65. The number of rotatable bonds is 7. The van der Waals surface area contributed by atoms with E-state index in [4.69, 9.17) is 4.74 Å². The number of piperazine rings is 1. The summed E-state index contributed by atoms with van der Waals surface area (Å²) in [6, 6.07) is -0.757. The number of ether oxygens (including phenoxy) is 1. The Kier molecular flexibility index (Phi) is 6.20. The standard InChI is InChI=1S/C16H30N2O3/c1-7-12-14(19)17-13(11(2)3)15(20)18(12)10-16(4,5)8-9-21-6/h11-13H,7-10H2,1-6H3,(H,17,19). The van der Waals surface area contributed by atoms with E-state index in [0.717, 1.165) is 6.42 Å². The average molecular weight is 298 g/mol. The number of carbonyl (C=O) groups excluding carboxylic acids is 2. The van der Waals surface area contributed by atoms with Crippen LogP contribution in [-0.2, 0) is 14.3 Å². The van der Waals surface area contributed by atoms with E-state index in [0.29, 0.717) is 19.6 Å². The molecular weight excluding hydrogens is 268 g/mol. The molecule has 1 aliphatic rings. The van der Waals surface area contributed by atoms with Gasteiger partial charge in [-0.05, 0) is 24.2 Å². The van der Waals surface area contributed by atoms with Crippen molar-refractivity contribution in [3.8, 4) is 0 Å². The van der Waals surface area contributed by atoms with E-state index in [-0.39, 0.29) is 29.2 Å². The number of amides is 2. The molecule has 2 unspecified atom stereocenters. The topological polar surface area (TPSA) is 58.6 Å². The Bertz CT molecular complexity index is 380. The summed E-state index contributed by atoms with van der Waals surface area (Å²) in [5.41, 5.74) is -0.0712. The second kappa shape index (κ2) is 7.25. The summed E-state index contributed by atoms with van der Waals surface area (Å²) in [5.74, 6) is 0.115. The van der Waals surface area contributed by atoms with Crippen molar-refractivity contribution >= 4 is 11.8 Å². The minimum absolute atomic E-state index is 0.0293. The second-order valence-electron chi connectivity index (χ2n) is 7.03. The fourth-order valence-corrected chi connectivity index (χ4v) is 2.75. The third kappa shape index (κ3) is 4.43. The molecule has 0 spiro atoms. The first-order valence-electron chi connectivity index (χ1n) is 7.83. The lowest BCUT2D eigenvalue weighted by Gasteiger charge is -2.43. The van der Waals surface area contributed by atoms with E-state index in [1.54, 1.807) is 12.0 Å². The summed E-state index contributed by atoms with van der Waals surface area (Å²) in [5, 5.41) is 2.87. The monoisotopic (exact) mass is 298 g/mol. The van der Waals surface area contributed by atoms with Crippen molar-refractivity contribution < 1.29 is 14.3 Å². The summed E-state index contributed by atoms with van der Waals surface area (Å²) in [7, 11) is 1.68. The van der Waals surface area contributed by atoms with Gasteiger partial charge in [-0.25, -0.2) is 0 Å². The molecule has 21 heavy (non-hydrogen) atoms. The highest BCUT2D eigenvalue weighted by Crippen LogP contribution is 2.26. The third-order valence-corrected chi connectivity index (χ3v) is 4.16. The van der Waals surface area contributed by atoms with Gasteiger partial charge in [-0.15, -0.1) is 0 Å². The van der Waals surface area contributed by atoms with Gasteiger partial charge >= 0.3 is 0 Å². The van der Waals surface area contributed by atoms with Crippen molar-refractivity contribution in [1.82, 2.24) is 10.2 Å². The predicted octanol–water partition coefficient (Wildman–Crippen LogP) is 1.81. The van der Waals surface area contributed by atoms with Crippen LogP contribution in [0.3, 0.4) is 0 Å². The van der Waals surface area contributed by atoms with E-state index in [1.807, 2.05) is 20.8 Å². The normalized spacial score (nSPS) is 23.7. The van der Waals surface area contributed by atoms with Crippen molar-refractivity contribution in [3.63, 3.8) is 0 Å². The molecule has 1 fully saturated rings. The maximum absolute atomic E-state index is 12.7. The zero-order chi connectivity index (χ0) is 16.2. The van der Waals surface area contributed by atoms with Crippen molar-refractivity contribution in [1.29, 1.82) is 0 Å². The number of carbonyl (C=O) groups is 2. The third-order valence-electron chi connectivity index (χ3n) is 4.16. The predicted molar refractivity (Wildman–Crippen MR) is 82.8 cm³/mol. The lowest BCUT2D eigenvalue weighted by molar-refractivity contribution is -0.152. The Balaban J connectivity index is 2.92. The molecule has 2 amide bonds. The van der Waals surface area contributed by atoms with Crippen LogP contribution in [0.2, 0.25) is 0 Å². The molecule has 5 nitrogen and oxygen atoms in total. The largest absolute Gasteiger partial charge is 0.385 e. The highest BCUT2D eigenvalue weighted by Gasteiger charge is 2.42. The first-order valence-corrected chi connectivity index (χ1v) is 7.83. The molecule has 1 saturated heterocycles. The molecule has 0 aromatic rings. The van der Waals surface area contributed by atoms with E-state index < -0.39 is 6.04 Å². The van der Waals surface area contributed by atoms with Gasteiger partial charge in [-0.1, -0.05) is 34.6 Å². The average Bonchev–Trinajstić information content (AvgIpc) is 2.40.